The zero-order valence-corrected chi connectivity index (χ0v) is 10.3. The second-order valence-electron chi connectivity index (χ2n) is 4.58. The molecule has 1 amide bonds. The average molecular weight is 244 g/mol. The summed E-state index contributed by atoms with van der Waals surface area (Å²) in [5.74, 6) is -1.16. The molecule has 0 spiro atoms. The highest BCUT2D eigenvalue weighted by molar-refractivity contribution is 5.83. The molecular formula is C11H20N2O4. The lowest BCUT2D eigenvalue weighted by molar-refractivity contribution is -0.148. The van der Waals surface area contributed by atoms with Crippen LogP contribution >= 0.6 is 0 Å². The SMILES string of the molecule is COC(CNC(=O)C1(C)CCNCC1)C(=O)O. The number of carbonyl (C=O) groups excluding carboxylic acids is 1. The first-order valence-corrected chi connectivity index (χ1v) is 5.74. The molecule has 1 atom stereocenters. The van der Waals surface area contributed by atoms with Crippen LogP contribution in [0.4, 0.5) is 0 Å². The molecule has 1 heterocycles. The van der Waals surface area contributed by atoms with Crippen LogP contribution in [0, 0.1) is 5.41 Å². The van der Waals surface area contributed by atoms with E-state index in [1.165, 1.54) is 7.11 Å². The van der Waals surface area contributed by atoms with Gasteiger partial charge in [0.1, 0.15) is 0 Å². The number of ether oxygens (including phenoxy) is 1. The molecule has 3 N–H and O–H groups in total. The minimum absolute atomic E-state index is 0.00762. The van der Waals surface area contributed by atoms with E-state index in [0.717, 1.165) is 25.9 Å². The molecule has 1 fully saturated rings. The Bertz CT molecular complexity index is 287. The topological polar surface area (TPSA) is 87.7 Å². The number of nitrogens with one attached hydrogen (secondary N) is 2. The largest absolute Gasteiger partial charge is 0.479 e. The van der Waals surface area contributed by atoms with Crippen molar-refractivity contribution in [2.45, 2.75) is 25.9 Å². The molecule has 0 aliphatic carbocycles. The number of amides is 1. The third kappa shape index (κ3) is 3.67. The first kappa shape index (κ1) is 13.9. The van der Waals surface area contributed by atoms with Crippen molar-refractivity contribution in [1.29, 1.82) is 0 Å². The van der Waals surface area contributed by atoms with Crippen molar-refractivity contribution >= 4 is 11.9 Å². The Morgan fingerprint density at radius 1 is 1.47 bits per heavy atom. The lowest BCUT2D eigenvalue weighted by Gasteiger charge is -2.32. The van der Waals surface area contributed by atoms with Crippen LogP contribution in [0.5, 0.6) is 0 Å². The molecule has 17 heavy (non-hydrogen) atoms. The van der Waals surface area contributed by atoms with E-state index in [4.69, 9.17) is 9.84 Å². The molecule has 6 nitrogen and oxygen atoms in total. The van der Waals surface area contributed by atoms with Gasteiger partial charge in [-0.2, -0.15) is 0 Å². The number of rotatable bonds is 5. The average Bonchev–Trinajstić information content (AvgIpc) is 2.30. The van der Waals surface area contributed by atoms with Gasteiger partial charge in [-0.3, -0.25) is 4.79 Å². The maximum Gasteiger partial charge on any atom is 0.334 e. The molecule has 1 aliphatic heterocycles. The first-order chi connectivity index (χ1) is 7.99. The first-order valence-electron chi connectivity index (χ1n) is 5.74. The number of carbonyl (C=O) groups is 2. The number of carboxylic acids is 1. The Morgan fingerprint density at radius 2 is 2.06 bits per heavy atom. The third-order valence-electron chi connectivity index (χ3n) is 3.26. The standard InChI is InChI=1S/C11H20N2O4/c1-11(3-5-12-6-4-11)10(16)13-7-8(17-2)9(14)15/h8,12H,3-7H2,1-2H3,(H,13,16)(H,14,15). The number of hydrogen-bond donors (Lipinski definition) is 3. The molecule has 98 valence electrons. The number of hydrogen-bond acceptors (Lipinski definition) is 4. The summed E-state index contributed by atoms with van der Waals surface area (Å²) < 4.78 is 4.76. The van der Waals surface area contributed by atoms with Gasteiger partial charge in [-0.1, -0.05) is 6.92 Å². The zero-order chi connectivity index (χ0) is 12.9. The predicted octanol–water partition coefficient (Wildman–Crippen LogP) is -0.408. The van der Waals surface area contributed by atoms with E-state index in [0.29, 0.717) is 0 Å². The quantitative estimate of drug-likeness (QED) is 0.612. The maximum atomic E-state index is 12.0. The summed E-state index contributed by atoms with van der Waals surface area (Å²) in [6.07, 6.45) is 0.553. The summed E-state index contributed by atoms with van der Waals surface area (Å²) in [5, 5.41) is 14.6. The van der Waals surface area contributed by atoms with Gasteiger partial charge in [-0.15, -0.1) is 0 Å². The lowest BCUT2D eigenvalue weighted by Crippen LogP contribution is -2.48. The monoisotopic (exact) mass is 244 g/mol. The molecule has 0 aromatic heterocycles. The minimum Gasteiger partial charge on any atom is -0.479 e. The molecule has 1 aliphatic rings. The van der Waals surface area contributed by atoms with E-state index in [9.17, 15) is 9.59 Å². The van der Waals surface area contributed by atoms with Gasteiger partial charge >= 0.3 is 5.97 Å². The number of carboxylic acid groups (broad SMARTS) is 1. The fourth-order valence-electron chi connectivity index (χ4n) is 1.88. The smallest absolute Gasteiger partial charge is 0.334 e. The van der Waals surface area contributed by atoms with E-state index in [2.05, 4.69) is 10.6 Å². The van der Waals surface area contributed by atoms with Crippen molar-refractivity contribution in [3.05, 3.63) is 0 Å². The molecule has 1 unspecified atom stereocenters. The molecule has 0 aromatic rings. The molecule has 6 heteroatoms. The second-order valence-corrected chi connectivity index (χ2v) is 4.58. The van der Waals surface area contributed by atoms with Crippen LogP contribution in [0.1, 0.15) is 19.8 Å². The van der Waals surface area contributed by atoms with Gasteiger partial charge in [-0.05, 0) is 25.9 Å². The third-order valence-corrected chi connectivity index (χ3v) is 3.26. The predicted molar refractivity (Wildman–Crippen MR) is 61.7 cm³/mol. The zero-order valence-electron chi connectivity index (χ0n) is 10.3. The van der Waals surface area contributed by atoms with Crippen LogP contribution in [0.25, 0.3) is 0 Å². The summed E-state index contributed by atoms with van der Waals surface area (Å²) in [5.41, 5.74) is -0.401. The number of aliphatic carboxylic acids is 1. The highest BCUT2D eigenvalue weighted by Crippen LogP contribution is 2.27. The van der Waals surface area contributed by atoms with E-state index < -0.39 is 17.5 Å². The van der Waals surface area contributed by atoms with E-state index in [1.54, 1.807) is 0 Å². The summed E-state index contributed by atoms with van der Waals surface area (Å²) in [6, 6.07) is 0. The summed E-state index contributed by atoms with van der Waals surface area (Å²) >= 11 is 0. The van der Waals surface area contributed by atoms with Crippen molar-refractivity contribution in [2.24, 2.45) is 5.41 Å². The Kier molecular flexibility index (Phi) is 4.89. The van der Waals surface area contributed by atoms with E-state index >= 15 is 0 Å². The van der Waals surface area contributed by atoms with Crippen LogP contribution in [0.2, 0.25) is 0 Å². The Labute approximate surface area is 101 Å². The number of piperidine rings is 1. The van der Waals surface area contributed by atoms with Crippen molar-refractivity contribution in [2.75, 3.05) is 26.7 Å². The molecular weight excluding hydrogens is 224 g/mol. The Hall–Kier alpha value is -1.14. The molecule has 0 radical (unpaired) electrons. The fourth-order valence-corrected chi connectivity index (χ4v) is 1.88. The summed E-state index contributed by atoms with van der Waals surface area (Å²) in [6.45, 7) is 3.55. The second kappa shape index (κ2) is 5.97. The lowest BCUT2D eigenvalue weighted by atomic mass is 9.80. The van der Waals surface area contributed by atoms with Crippen molar-refractivity contribution in [3.8, 4) is 0 Å². The number of methoxy groups -OCH3 is 1. The van der Waals surface area contributed by atoms with Crippen molar-refractivity contribution < 1.29 is 19.4 Å². The van der Waals surface area contributed by atoms with Crippen LogP contribution in [-0.4, -0.2) is 49.8 Å². The van der Waals surface area contributed by atoms with Gasteiger partial charge in [0.15, 0.2) is 6.10 Å². The highest BCUT2D eigenvalue weighted by Gasteiger charge is 2.34. The van der Waals surface area contributed by atoms with Gasteiger partial charge in [0.2, 0.25) is 5.91 Å². The van der Waals surface area contributed by atoms with Gasteiger partial charge < -0.3 is 20.5 Å². The maximum absolute atomic E-state index is 12.0. The van der Waals surface area contributed by atoms with Crippen LogP contribution < -0.4 is 10.6 Å². The highest BCUT2D eigenvalue weighted by atomic mass is 16.5. The van der Waals surface area contributed by atoms with Gasteiger partial charge in [0.05, 0.1) is 6.54 Å². The fraction of sp³-hybridized carbons (Fsp3) is 0.818. The van der Waals surface area contributed by atoms with Crippen LogP contribution in [0.3, 0.4) is 0 Å². The molecule has 0 bridgehead atoms. The Morgan fingerprint density at radius 3 is 2.53 bits per heavy atom. The molecule has 0 aromatic carbocycles. The van der Waals surface area contributed by atoms with Crippen molar-refractivity contribution in [3.63, 3.8) is 0 Å². The Balaban J connectivity index is 2.45. The van der Waals surface area contributed by atoms with Crippen LogP contribution in [-0.2, 0) is 14.3 Å². The molecule has 0 saturated carbocycles. The van der Waals surface area contributed by atoms with Gasteiger partial charge in [0, 0.05) is 12.5 Å². The normalized spacial score (nSPS) is 20.6. The minimum atomic E-state index is -1.07. The summed E-state index contributed by atoms with van der Waals surface area (Å²) in [7, 11) is 1.32. The van der Waals surface area contributed by atoms with Gasteiger partial charge in [-0.25, -0.2) is 4.79 Å². The van der Waals surface area contributed by atoms with Crippen LogP contribution in [0.15, 0.2) is 0 Å². The van der Waals surface area contributed by atoms with E-state index in [1.807, 2.05) is 6.92 Å². The van der Waals surface area contributed by atoms with E-state index in [-0.39, 0.29) is 12.5 Å². The summed E-state index contributed by atoms with van der Waals surface area (Å²) in [4.78, 5) is 22.7. The van der Waals surface area contributed by atoms with Crippen molar-refractivity contribution in [1.82, 2.24) is 10.6 Å². The van der Waals surface area contributed by atoms with Gasteiger partial charge in [0.25, 0.3) is 0 Å². The molecule has 1 saturated heterocycles. The molecule has 1 rings (SSSR count).